The molecule has 0 aliphatic carbocycles. The highest BCUT2D eigenvalue weighted by molar-refractivity contribution is 6.33. The Morgan fingerprint density at radius 1 is 1.24 bits per heavy atom. The maximum atomic E-state index is 13.8. The second-order valence-electron chi connectivity index (χ2n) is 6.10. The molecule has 1 unspecified atom stereocenters. The summed E-state index contributed by atoms with van der Waals surface area (Å²) in [5, 5.41) is 1.89. The van der Waals surface area contributed by atoms with Gasteiger partial charge in [-0.25, -0.2) is 0 Å². The Morgan fingerprint density at radius 2 is 1.96 bits per heavy atom. The first-order chi connectivity index (χ1) is 11.8. The molecule has 2 aromatic rings. The fourth-order valence-corrected chi connectivity index (χ4v) is 3.02. The molecule has 7 heteroatoms. The number of nitrogens with zero attached hydrogens (tertiary/aromatic N) is 2. The lowest BCUT2D eigenvalue weighted by atomic mass is 10.0. The Bertz CT molecular complexity index is 817. The summed E-state index contributed by atoms with van der Waals surface area (Å²) in [5.41, 5.74) is 3.17. The minimum Gasteiger partial charge on any atom is -0.298 e. The van der Waals surface area contributed by atoms with Crippen LogP contribution in [0.4, 0.5) is 18.9 Å². The van der Waals surface area contributed by atoms with Crippen LogP contribution in [0.25, 0.3) is 11.3 Å². The third-order valence-corrected chi connectivity index (χ3v) is 4.56. The smallest absolute Gasteiger partial charge is 0.298 e. The molecule has 3 rings (SSSR count). The van der Waals surface area contributed by atoms with Crippen molar-refractivity contribution in [3.8, 4) is 11.3 Å². The summed E-state index contributed by atoms with van der Waals surface area (Å²) >= 11 is 6.09. The van der Waals surface area contributed by atoms with E-state index >= 15 is 0 Å². The van der Waals surface area contributed by atoms with Crippen molar-refractivity contribution in [2.45, 2.75) is 20.0 Å². The second kappa shape index (κ2) is 6.59. The zero-order valence-electron chi connectivity index (χ0n) is 13.7. The SMILES string of the molecule is CC1=CN(Nc2ccnc(-c3ccccc3Cl)c2C(F)(F)F)CC1C. The van der Waals surface area contributed by atoms with Gasteiger partial charge in [-0.15, -0.1) is 0 Å². The third kappa shape index (κ3) is 3.58. The van der Waals surface area contributed by atoms with Gasteiger partial charge in [0.1, 0.15) is 5.56 Å². The number of hydrogen-bond acceptors (Lipinski definition) is 3. The molecular formula is C18H17ClF3N3. The van der Waals surface area contributed by atoms with Crippen LogP contribution in [0.15, 0.2) is 48.3 Å². The third-order valence-electron chi connectivity index (χ3n) is 4.23. The molecule has 1 aromatic carbocycles. The van der Waals surface area contributed by atoms with Gasteiger partial charge in [-0.1, -0.05) is 42.3 Å². The first-order valence-corrected chi connectivity index (χ1v) is 8.18. The number of aromatic nitrogens is 1. The van der Waals surface area contributed by atoms with E-state index in [9.17, 15) is 13.2 Å². The fraction of sp³-hybridized carbons (Fsp3) is 0.278. The van der Waals surface area contributed by atoms with Crippen molar-refractivity contribution in [2.75, 3.05) is 12.0 Å². The Kier molecular flexibility index (Phi) is 4.64. The quantitative estimate of drug-likeness (QED) is 0.765. The van der Waals surface area contributed by atoms with Crippen LogP contribution in [0.1, 0.15) is 19.4 Å². The van der Waals surface area contributed by atoms with Crippen molar-refractivity contribution in [1.82, 2.24) is 9.99 Å². The van der Waals surface area contributed by atoms with Crippen LogP contribution in [-0.2, 0) is 6.18 Å². The summed E-state index contributed by atoms with van der Waals surface area (Å²) in [7, 11) is 0. The fourth-order valence-electron chi connectivity index (χ4n) is 2.80. The van der Waals surface area contributed by atoms with E-state index in [2.05, 4.69) is 10.4 Å². The zero-order chi connectivity index (χ0) is 18.2. The molecule has 0 saturated carbocycles. The number of halogens is 4. The average Bonchev–Trinajstić information content (AvgIpc) is 2.84. The van der Waals surface area contributed by atoms with Crippen LogP contribution >= 0.6 is 11.6 Å². The highest BCUT2D eigenvalue weighted by Crippen LogP contribution is 2.42. The maximum Gasteiger partial charge on any atom is 0.420 e. The largest absolute Gasteiger partial charge is 0.420 e. The van der Waals surface area contributed by atoms with Gasteiger partial charge >= 0.3 is 6.18 Å². The number of alkyl halides is 3. The van der Waals surface area contributed by atoms with Crippen LogP contribution in [-0.4, -0.2) is 16.5 Å². The lowest BCUT2D eigenvalue weighted by molar-refractivity contribution is -0.136. The van der Waals surface area contributed by atoms with Gasteiger partial charge in [0.05, 0.1) is 11.4 Å². The van der Waals surface area contributed by atoms with E-state index in [1.165, 1.54) is 18.3 Å². The van der Waals surface area contributed by atoms with Crippen LogP contribution in [0.5, 0.6) is 0 Å². The number of nitrogens with one attached hydrogen (secondary N) is 1. The Balaban J connectivity index is 2.08. The van der Waals surface area contributed by atoms with Crippen LogP contribution in [0.3, 0.4) is 0 Å². The van der Waals surface area contributed by atoms with Crippen molar-refractivity contribution < 1.29 is 13.2 Å². The van der Waals surface area contributed by atoms with E-state index in [0.29, 0.717) is 6.54 Å². The number of anilines is 1. The van der Waals surface area contributed by atoms with Gasteiger partial charge < -0.3 is 0 Å². The summed E-state index contributed by atoms with van der Waals surface area (Å²) < 4.78 is 41.4. The Hall–Kier alpha value is -2.21. The van der Waals surface area contributed by atoms with Gasteiger partial charge in [-0.2, -0.15) is 13.2 Å². The van der Waals surface area contributed by atoms with E-state index in [-0.39, 0.29) is 27.9 Å². The molecule has 3 nitrogen and oxygen atoms in total. The molecule has 1 aliphatic rings. The van der Waals surface area contributed by atoms with E-state index in [1.807, 2.05) is 20.0 Å². The van der Waals surface area contributed by atoms with Gasteiger partial charge in [-0.3, -0.25) is 15.4 Å². The summed E-state index contributed by atoms with van der Waals surface area (Å²) in [4.78, 5) is 3.96. The van der Waals surface area contributed by atoms with Gasteiger partial charge in [0, 0.05) is 29.5 Å². The summed E-state index contributed by atoms with van der Waals surface area (Å²) in [5.74, 6) is 0.284. The predicted molar refractivity (Wildman–Crippen MR) is 92.9 cm³/mol. The highest BCUT2D eigenvalue weighted by Gasteiger charge is 2.38. The summed E-state index contributed by atoms with van der Waals surface area (Å²) in [6.45, 7) is 4.59. The molecule has 2 heterocycles. The van der Waals surface area contributed by atoms with Gasteiger partial charge in [-0.05, 0) is 25.0 Å². The van der Waals surface area contributed by atoms with Crippen LogP contribution < -0.4 is 5.43 Å². The number of pyridine rings is 1. The molecule has 0 amide bonds. The maximum absolute atomic E-state index is 13.8. The van der Waals surface area contributed by atoms with Gasteiger partial charge in [0.25, 0.3) is 0 Å². The minimum atomic E-state index is -4.57. The molecule has 132 valence electrons. The Labute approximate surface area is 149 Å². The number of hydrazine groups is 1. The van der Waals surface area contributed by atoms with E-state index in [0.717, 1.165) is 5.57 Å². The molecule has 25 heavy (non-hydrogen) atoms. The molecule has 0 fully saturated rings. The van der Waals surface area contributed by atoms with Crippen molar-refractivity contribution in [3.63, 3.8) is 0 Å². The average molecular weight is 368 g/mol. The lowest BCUT2D eigenvalue weighted by Crippen LogP contribution is -2.26. The molecule has 1 aromatic heterocycles. The standard InChI is InChI=1S/C18H17ClF3N3/c1-11-9-25(10-12(11)2)24-15-7-8-23-17(16(15)18(20,21)22)13-5-3-4-6-14(13)19/h3-9,12H,10H2,1-2H3,(H,23,24). The number of hydrogen-bond donors (Lipinski definition) is 1. The molecule has 0 spiro atoms. The van der Waals surface area contributed by atoms with Gasteiger partial charge in [0.15, 0.2) is 0 Å². The summed E-state index contributed by atoms with van der Waals surface area (Å²) in [6, 6.07) is 7.71. The zero-order valence-corrected chi connectivity index (χ0v) is 14.5. The topological polar surface area (TPSA) is 28.2 Å². The van der Waals surface area contributed by atoms with Crippen molar-refractivity contribution in [2.24, 2.45) is 5.92 Å². The number of benzene rings is 1. The Morgan fingerprint density at radius 3 is 2.56 bits per heavy atom. The predicted octanol–water partition coefficient (Wildman–Crippen LogP) is 5.60. The molecule has 1 atom stereocenters. The van der Waals surface area contributed by atoms with E-state index in [4.69, 9.17) is 11.6 Å². The van der Waals surface area contributed by atoms with Crippen molar-refractivity contribution >= 4 is 17.3 Å². The normalized spacial score (nSPS) is 17.6. The van der Waals surface area contributed by atoms with Crippen LogP contribution in [0.2, 0.25) is 5.02 Å². The van der Waals surface area contributed by atoms with Crippen molar-refractivity contribution in [1.29, 1.82) is 0 Å². The molecule has 0 radical (unpaired) electrons. The molecule has 1 aliphatic heterocycles. The van der Waals surface area contributed by atoms with Crippen LogP contribution in [0, 0.1) is 5.92 Å². The second-order valence-corrected chi connectivity index (χ2v) is 6.51. The minimum absolute atomic E-state index is 0.0458. The lowest BCUT2D eigenvalue weighted by Gasteiger charge is -2.23. The highest BCUT2D eigenvalue weighted by atomic mass is 35.5. The first kappa shape index (κ1) is 17.6. The first-order valence-electron chi connectivity index (χ1n) is 7.80. The van der Waals surface area contributed by atoms with E-state index in [1.54, 1.807) is 23.2 Å². The van der Waals surface area contributed by atoms with Gasteiger partial charge in [0.2, 0.25) is 0 Å². The van der Waals surface area contributed by atoms with E-state index < -0.39 is 11.7 Å². The van der Waals surface area contributed by atoms with Crippen molar-refractivity contribution in [3.05, 3.63) is 58.9 Å². The molecule has 0 bridgehead atoms. The number of rotatable bonds is 3. The molecule has 1 N–H and O–H groups in total. The monoisotopic (exact) mass is 367 g/mol. The molecule has 0 saturated heterocycles. The summed E-state index contributed by atoms with van der Waals surface area (Å²) in [6.07, 6.45) is -1.40. The molecular weight excluding hydrogens is 351 g/mol.